The van der Waals surface area contributed by atoms with E-state index in [1.807, 2.05) is 60.4 Å². The van der Waals surface area contributed by atoms with E-state index in [4.69, 9.17) is 11.6 Å². The third-order valence-corrected chi connectivity index (χ3v) is 7.60. The molecule has 1 aromatic heterocycles. The predicted molar refractivity (Wildman–Crippen MR) is 146 cm³/mol. The van der Waals surface area contributed by atoms with Crippen LogP contribution in [0.25, 0.3) is 22.8 Å². The van der Waals surface area contributed by atoms with E-state index >= 15 is 0 Å². The number of hydrogen-bond acceptors (Lipinski definition) is 3. The van der Waals surface area contributed by atoms with Gasteiger partial charge in [-0.15, -0.1) is 0 Å². The van der Waals surface area contributed by atoms with Gasteiger partial charge in [-0.05, 0) is 73.8 Å². The van der Waals surface area contributed by atoms with Gasteiger partial charge in [0.05, 0.1) is 5.57 Å². The van der Waals surface area contributed by atoms with Gasteiger partial charge in [0.1, 0.15) is 0 Å². The van der Waals surface area contributed by atoms with Gasteiger partial charge in [0, 0.05) is 60.3 Å². The van der Waals surface area contributed by atoms with Crippen LogP contribution < -0.4 is 5.32 Å². The molecule has 0 saturated carbocycles. The molecule has 0 unspecified atom stereocenters. The minimum Gasteiger partial charge on any atom is -0.359 e. The minimum atomic E-state index is -0.120. The summed E-state index contributed by atoms with van der Waals surface area (Å²) in [4.78, 5) is 33.5. The summed E-state index contributed by atoms with van der Waals surface area (Å²) in [6.45, 7) is 7.53. The molecular weight excluding hydrogens is 472 g/mol. The van der Waals surface area contributed by atoms with E-state index in [9.17, 15) is 9.59 Å². The lowest BCUT2D eigenvalue weighted by molar-refractivity contribution is -0.132. The number of aromatic nitrogens is 1. The number of hydrogen-bond donors (Lipinski definition) is 2. The Morgan fingerprint density at radius 3 is 2.50 bits per heavy atom. The van der Waals surface area contributed by atoms with Gasteiger partial charge in [0.2, 0.25) is 5.91 Å². The maximum absolute atomic E-state index is 13.0. The van der Waals surface area contributed by atoms with Crippen molar-refractivity contribution in [3.63, 3.8) is 0 Å². The highest BCUT2D eigenvalue weighted by Gasteiger charge is 2.28. The van der Waals surface area contributed by atoms with Crippen molar-refractivity contribution in [1.29, 1.82) is 0 Å². The summed E-state index contributed by atoms with van der Waals surface area (Å²) in [5, 5.41) is 3.68. The van der Waals surface area contributed by atoms with Crippen LogP contribution in [-0.2, 0) is 16.0 Å². The first-order valence-corrected chi connectivity index (χ1v) is 12.8. The Labute approximate surface area is 216 Å². The van der Waals surface area contributed by atoms with Crippen LogP contribution in [0, 0.1) is 13.8 Å². The SMILES string of the molecule is Cc1[nH]c(/C=C2\C(=O)Nc3cccc(-c4ccc(Cl)cc4)c32)c(C)c1CCC(=O)N1CCN(C)CC1. The molecule has 1 saturated heterocycles. The number of carbonyl (C=O) groups excluding carboxylic acids is 2. The number of likely N-dealkylation sites (N-methyl/N-ethyl adjacent to an activating group) is 1. The number of benzene rings is 2. The zero-order chi connectivity index (χ0) is 25.4. The summed E-state index contributed by atoms with van der Waals surface area (Å²) in [6.07, 6.45) is 3.11. The van der Waals surface area contributed by atoms with Crippen molar-refractivity contribution in [2.45, 2.75) is 26.7 Å². The number of carbonyl (C=O) groups is 2. The van der Waals surface area contributed by atoms with Gasteiger partial charge < -0.3 is 20.1 Å². The van der Waals surface area contributed by atoms with E-state index in [2.05, 4.69) is 29.2 Å². The molecule has 0 spiro atoms. The summed E-state index contributed by atoms with van der Waals surface area (Å²) >= 11 is 6.10. The molecule has 186 valence electrons. The monoisotopic (exact) mass is 502 g/mol. The van der Waals surface area contributed by atoms with Crippen molar-refractivity contribution >= 4 is 40.8 Å². The second-order valence-corrected chi connectivity index (χ2v) is 10.1. The van der Waals surface area contributed by atoms with Crippen molar-refractivity contribution in [2.24, 2.45) is 0 Å². The van der Waals surface area contributed by atoms with Crippen LogP contribution in [0.1, 0.15) is 34.5 Å². The Morgan fingerprint density at radius 1 is 1.06 bits per heavy atom. The molecule has 5 rings (SSSR count). The molecule has 7 heteroatoms. The fourth-order valence-corrected chi connectivity index (χ4v) is 5.31. The van der Waals surface area contributed by atoms with Crippen LogP contribution in [0.2, 0.25) is 5.02 Å². The standard InChI is InChI=1S/C29H31ClN4O2/c1-18-22(11-12-27(35)34-15-13-33(3)14-16-34)19(2)31-26(18)17-24-28-23(20-7-9-21(30)10-8-20)5-4-6-25(28)32-29(24)36/h4-10,17,31H,11-16H2,1-3H3,(H,32,36)/b24-17-. The summed E-state index contributed by atoms with van der Waals surface area (Å²) < 4.78 is 0. The highest BCUT2D eigenvalue weighted by atomic mass is 35.5. The fourth-order valence-electron chi connectivity index (χ4n) is 5.18. The average Bonchev–Trinajstić information content (AvgIpc) is 3.33. The molecule has 36 heavy (non-hydrogen) atoms. The van der Waals surface area contributed by atoms with E-state index in [1.165, 1.54) is 0 Å². The van der Waals surface area contributed by atoms with E-state index in [1.54, 1.807) is 0 Å². The second kappa shape index (κ2) is 9.96. The maximum Gasteiger partial charge on any atom is 0.256 e. The normalized spacial score (nSPS) is 16.9. The quantitative estimate of drug-likeness (QED) is 0.474. The molecular formula is C29H31ClN4O2. The fraction of sp³-hybridized carbons (Fsp3) is 0.310. The Morgan fingerprint density at radius 2 is 1.78 bits per heavy atom. The molecule has 0 radical (unpaired) electrons. The predicted octanol–water partition coefficient (Wildman–Crippen LogP) is 5.15. The number of aryl methyl sites for hydroxylation is 1. The molecule has 0 atom stereocenters. The summed E-state index contributed by atoms with van der Waals surface area (Å²) in [5.41, 5.74) is 8.47. The summed E-state index contributed by atoms with van der Waals surface area (Å²) in [7, 11) is 2.09. The number of anilines is 1. The molecule has 0 aliphatic carbocycles. The molecule has 2 amide bonds. The van der Waals surface area contributed by atoms with E-state index in [0.29, 0.717) is 23.4 Å². The zero-order valence-electron chi connectivity index (χ0n) is 21.0. The second-order valence-electron chi connectivity index (χ2n) is 9.70. The van der Waals surface area contributed by atoms with E-state index < -0.39 is 0 Å². The molecule has 6 nitrogen and oxygen atoms in total. The van der Waals surface area contributed by atoms with Gasteiger partial charge >= 0.3 is 0 Å². The number of amides is 2. The van der Waals surface area contributed by atoms with Gasteiger partial charge in [0.25, 0.3) is 5.91 Å². The lowest BCUT2D eigenvalue weighted by Crippen LogP contribution is -2.47. The number of piperazine rings is 1. The lowest BCUT2D eigenvalue weighted by Gasteiger charge is -2.32. The first-order chi connectivity index (χ1) is 17.3. The van der Waals surface area contributed by atoms with Crippen LogP contribution in [0.15, 0.2) is 42.5 Å². The minimum absolute atomic E-state index is 0.120. The Kier molecular flexibility index (Phi) is 6.73. The average molecular weight is 503 g/mol. The van der Waals surface area contributed by atoms with Crippen molar-refractivity contribution < 1.29 is 9.59 Å². The molecule has 2 N–H and O–H groups in total. The smallest absolute Gasteiger partial charge is 0.256 e. The topological polar surface area (TPSA) is 68.4 Å². The number of nitrogens with zero attached hydrogens (tertiary/aromatic N) is 2. The number of H-pyrrole nitrogens is 1. The summed E-state index contributed by atoms with van der Waals surface area (Å²) in [6, 6.07) is 13.6. The number of fused-ring (bicyclic) bond motifs is 1. The van der Waals surface area contributed by atoms with E-state index in [-0.39, 0.29) is 11.8 Å². The van der Waals surface area contributed by atoms with Crippen LogP contribution in [0.5, 0.6) is 0 Å². The van der Waals surface area contributed by atoms with Gasteiger partial charge in [-0.3, -0.25) is 9.59 Å². The highest BCUT2D eigenvalue weighted by Crippen LogP contribution is 2.41. The molecule has 3 aromatic rings. The number of nitrogens with one attached hydrogen (secondary N) is 2. The number of aromatic amines is 1. The highest BCUT2D eigenvalue weighted by molar-refractivity contribution is 6.36. The molecule has 2 aliphatic heterocycles. The summed E-state index contributed by atoms with van der Waals surface area (Å²) in [5.74, 6) is 0.0876. The van der Waals surface area contributed by atoms with E-state index in [0.717, 1.165) is 71.1 Å². The first-order valence-electron chi connectivity index (χ1n) is 12.4. The van der Waals surface area contributed by atoms with Gasteiger partial charge in [-0.2, -0.15) is 0 Å². The van der Waals surface area contributed by atoms with Crippen LogP contribution >= 0.6 is 11.6 Å². The molecule has 3 heterocycles. The molecule has 0 bridgehead atoms. The lowest BCUT2D eigenvalue weighted by atomic mass is 9.94. The Bertz CT molecular complexity index is 1350. The Balaban J connectivity index is 1.42. The first kappa shape index (κ1) is 24.3. The van der Waals surface area contributed by atoms with Crippen LogP contribution in [-0.4, -0.2) is 59.8 Å². The van der Waals surface area contributed by atoms with Gasteiger partial charge in [-0.25, -0.2) is 0 Å². The van der Waals surface area contributed by atoms with Crippen molar-refractivity contribution in [2.75, 3.05) is 38.5 Å². The van der Waals surface area contributed by atoms with Crippen molar-refractivity contribution in [3.05, 3.63) is 75.6 Å². The third-order valence-electron chi connectivity index (χ3n) is 7.35. The van der Waals surface area contributed by atoms with Crippen LogP contribution in [0.3, 0.4) is 0 Å². The molecule has 2 aliphatic rings. The largest absolute Gasteiger partial charge is 0.359 e. The van der Waals surface area contributed by atoms with Gasteiger partial charge in [-0.1, -0.05) is 35.9 Å². The zero-order valence-corrected chi connectivity index (χ0v) is 21.7. The molecule has 1 fully saturated rings. The van der Waals surface area contributed by atoms with Crippen LogP contribution in [0.4, 0.5) is 5.69 Å². The van der Waals surface area contributed by atoms with Crippen molar-refractivity contribution in [1.82, 2.24) is 14.8 Å². The molecule has 2 aromatic carbocycles. The third kappa shape index (κ3) is 4.71. The van der Waals surface area contributed by atoms with Crippen molar-refractivity contribution in [3.8, 4) is 11.1 Å². The van der Waals surface area contributed by atoms with Gasteiger partial charge in [0.15, 0.2) is 0 Å². The number of halogens is 1. The Hall–Kier alpha value is -3.35. The maximum atomic E-state index is 13.0. The number of rotatable bonds is 5.